The second-order valence-electron chi connectivity index (χ2n) is 3.03. The third kappa shape index (κ3) is 1.93. The Morgan fingerprint density at radius 2 is 2.31 bits per heavy atom. The van der Waals surface area contributed by atoms with Crippen LogP contribution in [0, 0.1) is 6.92 Å². The zero-order valence-electron chi connectivity index (χ0n) is 7.49. The van der Waals surface area contributed by atoms with E-state index in [1.807, 2.05) is 25.4 Å². The molecule has 2 heterocycles. The summed E-state index contributed by atoms with van der Waals surface area (Å²) >= 11 is 0. The molecule has 66 valence electrons. The summed E-state index contributed by atoms with van der Waals surface area (Å²) in [6.45, 7) is 1.95. The van der Waals surface area contributed by atoms with Gasteiger partial charge in [-0.1, -0.05) is 6.07 Å². The minimum absolute atomic E-state index is 0.870. The highest BCUT2D eigenvalue weighted by Gasteiger charge is 1.97. The Hall–Kier alpha value is -1.64. The van der Waals surface area contributed by atoms with Gasteiger partial charge in [-0.3, -0.25) is 4.98 Å². The minimum atomic E-state index is 0.870. The van der Waals surface area contributed by atoms with Crippen LogP contribution in [-0.2, 0) is 6.42 Å². The molecule has 0 aliphatic heterocycles. The van der Waals surface area contributed by atoms with Gasteiger partial charge in [-0.15, -0.1) is 0 Å². The maximum Gasteiger partial charge on any atom is 0.103 e. The van der Waals surface area contributed by atoms with Crippen LogP contribution < -0.4 is 0 Å². The molecule has 0 fully saturated rings. The van der Waals surface area contributed by atoms with Crippen LogP contribution >= 0.6 is 0 Å². The van der Waals surface area contributed by atoms with Crippen molar-refractivity contribution in [3.63, 3.8) is 0 Å². The lowest BCUT2D eigenvalue weighted by molar-refractivity contribution is 1.06. The monoisotopic (exact) mass is 173 g/mol. The lowest BCUT2D eigenvalue weighted by Crippen LogP contribution is -1.88. The second kappa shape index (κ2) is 3.39. The van der Waals surface area contributed by atoms with E-state index in [0.717, 1.165) is 17.9 Å². The van der Waals surface area contributed by atoms with Gasteiger partial charge in [0.15, 0.2) is 0 Å². The van der Waals surface area contributed by atoms with Gasteiger partial charge in [0.2, 0.25) is 0 Å². The fourth-order valence-electron chi connectivity index (χ4n) is 1.28. The highest BCUT2D eigenvalue weighted by Crippen LogP contribution is 2.05. The molecule has 2 rings (SSSR count). The molecule has 0 aliphatic rings. The fraction of sp³-hybridized carbons (Fsp3) is 0.200. The molecule has 0 unspecified atom stereocenters. The predicted octanol–water partition coefficient (Wildman–Crippen LogP) is 1.70. The van der Waals surface area contributed by atoms with Crippen molar-refractivity contribution in [2.24, 2.45) is 0 Å². The molecule has 0 aliphatic carbocycles. The zero-order chi connectivity index (χ0) is 9.10. The molecule has 3 nitrogen and oxygen atoms in total. The van der Waals surface area contributed by atoms with Crippen LogP contribution in [0.2, 0.25) is 0 Å². The summed E-state index contributed by atoms with van der Waals surface area (Å²) in [6, 6.07) is 4.00. The number of nitrogens with zero attached hydrogens (tertiary/aromatic N) is 2. The fourth-order valence-corrected chi connectivity index (χ4v) is 1.28. The minimum Gasteiger partial charge on any atom is -0.346 e. The summed E-state index contributed by atoms with van der Waals surface area (Å²) in [5, 5.41) is 0. The molecular weight excluding hydrogens is 162 g/mol. The number of H-pyrrole nitrogens is 1. The van der Waals surface area contributed by atoms with Crippen LogP contribution in [-0.4, -0.2) is 15.0 Å². The SMILES string of the molecule is Cc1ncc(Cc2cccnc2)[nH]1. The molecule has 2 aromatic rings. The first-order valence-electron chi connectivity index (χ1n) is 4.24. The van der Waals surface area contributed by atoms with Gasteiger partial charge in [0.05, 0.1) is 0 Å². The summed E-state index contributed by atoms with van der Waals surface area (Å²) < 4.78 is 0. The molecule has 0 saturated heterocycles. The van der Waals surface area contributed by atoms with Crippen molar-refractivity contribution >= 4 is 0 Å². The third-order valence-electron chi connectivity index (χ3n) is 1.87. The van der Waals surface area contributed by atoms with Gasteiger partial charge < -0.3 is 4.98 Å². The van der Waals surface area contributed by atoms with Gasteiger partial charge in [0.25, 0.3) is 0 Å². The third-order valence-corrected chi connectivity index (χ3v) is 1.87. The topological polar surface area (TPSA) is 41.6 Å². The van der Waals surface area contributed by atoms with Gasteiger partial charge in [-0.2, -0.15) is 0 Å². The largest absolute Gasteiger partial charge is 0.346 e. The Morgan fingerprint density at radius 1 is 1.38 bits per heavy atom. The van der Waals surface area contributed by atoms with Gasteiger partial charge in [-0.05, 0) is 18.6 Å². The van der Waals surface area contributed by atoms with Crippen LogP contribution in [0.4, 0.5) is 0 Å². The molecular formula is C10H11N3. The first-order valence-corrected chi connectivity index (χ1v) is 4.24. The number of nitrogens with one attached hydrogen (secondary N) is 1. The lowest BCUT2D eigenvalue weighted by Gasteiger charge is -1.95. The van der Waals surface area contributed by atoms with E-state index in [-0.39, 0.29) is 0 Å². The van der Waals surface area contributed by atoms with E-state index in [4.69, 9.17) is 0 Å². The summed E-state index contributed by atoms with van der Waals surface area (Å²) in [5.74, 6) is 0.957. The maximum atomic E-state index is 4.14. The van der Waals surface area contributed by atoms with Crippen molar-refractivity contribution in [2.45, 2.75) is 13.3 Å². The van der Waals surface area contributed by atoms with Gasteiger partial charge >= 0.3 is 0 Å². The number of imidazole rings is 1. The summed E-state index contributed by atoms with van der Waals surface area (Å²) in [5.41, 5.74) is 2.33. The van der Waals surface area contributed by atoms with E-state index < -0.39 is 0 Å². The van der Waals surface area contributed by atoms with Crippen molar-refractivity contribution in [1.82, 2.24) is 15.0 Å². The van der Waals surface area contributed by atoms with E-state index in [1.54, 1.807) is 6.20 Å². The van der Waals surface area contributed by atoms with Gasteiger partial charge in [0, 0.05) is 30.7 Å². The molecule has 0 saturated carbocycles. The maximum absolute atomic E-state index is 4.14. The average Bonchev–Trinajstić information content (AvgIpc) is 2.53. The first kappa shape index (κ1) is 7.98. The number of hydrogen-bond acceptors (Lipinski definition) is 2. The van der Waals surface area contributed by atoms with Crippen LogP contribution in [0.3, 0.4) is 0 Å². The number of aromatic nitrogens is 3. The second-order valence-corrected chi connectivity index (χ2v) is 3.03. The Kier molecular flexibility index (Phi) is 2.08. The van der Waals surface area contributed by atoms with Gasteiger partial charge in [0.1, 0.15) is 5.82 Å². The standard InChI is InChI=1S/C10H11N3/c1-8-12-7-10(13-8)5-9-3-2-4-11-6-9/h2-4,6-7H,5H2,1H3,(H,12,13). The van der Waals surface area contributed by atoms with E-state index >= 15 is 0 Å². The van der Waals surface area contributed by atoms with E-state index in [9.17, 15) is 0 Å². The molecule has 2 aromatic heterocycles. The number of aryl methyl sites for hydroxylation is 1. The van der Waals surface area contributed by atoms with Crippen LogP contribution in [0.5, 0.6) is 0 Å². The molecule has 0 atom stereocenters. The summed E-state index contributed by atoms with van der Waals surface area (Å²) in [7, 11) is 0. The molecule has 0 bridgehead atoms. The number of pyridine rings is 1. The average molecular weight is 173 g/mol. The van der Waals surface area contributed by atoms with Crippen molar-refractivity contribution in [2.75, 3.05) is 0 Å². The zero-order valence-corrected chi connectivity index (χ0v) is 7.49. The molecule has 0 aromatic carbocycles. The van der Waals surface area contributed by atoms with E-state index in [2.05, 4.69) is 21.0 Å². The predicted molar refractivity (Wildman–Crippen MR) is 50.4 cm³/mol. The molecule has 1 N–H and O–H groups in total. The highest BCUT2D eigenvalue weighted by molar-refractivity contribution is 5.16. The summed E-state index contributed by atoms with van der Waals surface area (Å²) in [6.07, 6.45) is 6.38. The molecule has 0 amide bonds. The van der Waals surface area contributed by atoms with Crippen molar-refractivity contribution in [3.8, 4) is 0 Å². The van der Waals surface area contributed by atoms with Crippen LogP contribution in [0.1, 0.15) is 17.1 Å². The van der Waals surface area contributed by atoms with Crippen LogP contribution in [0.15, 0.2) is 30.7 Å². The summed E-state index contributed by atoms with van der Waals surface area (Å²) in [4.78, 5) is 11.4. The molecule has 3 heteroatoms. The first-order chi connectivity index (χ1) is 6.34. The molecule has 0 spiro atoms. The van der Waals surface area contributed by atoms with Crippen LogP contribution in [0.25, 0.3) is 0 Å². The number of rotatable bonds is 2. The Bertz CT molecular complexity index is 378. The lowest BCUT2D eigenvalue weighted by atomic mass is 10.2. The number of aromatic amines is 1. The normalized spacial score (nSPS) is 10.2. The van der Waals surface area contributed by atoms with Crippen molar-refractivity contribution in [1.29, 1.82) is 0 Å². The van der Waals surface area contributed by atoms with Gasteiger partial charge in [-0.25, -0.2) is 4.98 Å². The van der Waals surface area contributed by atoms with E-state index in [0.29, 0.717) is 0 Å². The Labute approximate surface area is 76.9 Å². The Morgan fingerprint density at radius 3 is 2.92 bits per heavy atom. The highest BCUT2D eigenvalue weighted by atomic mass is 14.9. The molecule has 0 radical (unpaired) electrons. The Balaban J connectivity index is 2.15. The van der Waals surface area contributed by atoms with E-state index in [1.165, 1.54) is 5.56 Å². The smallest absolute Gasteiger partial charge is 0.103 e. The molecule has 13 heavy (non-hydrogen) atoms. The van der Waals surface area contributed by atoms with Crippen molar-refractivity contribution in [3.05, 3.63) is 47.8 Å². The number of hydrogen-bond donors (Lipinski definition) is 1. The van der Waals surface area contributed by atoms with Crippen molar-refractivity contribution < 1.29 is 0 Å². The quantitative estimate of drug-likeness (QED) is 0.751.